The maximum absolute atomic E-state index is 13.3. The Hall–Kier alpha value is -4.77. The Balaban J connectivity index is 0.00000348. The Morgan fingerprint density at radius 3 is 2.16 bits per heavy atom. The van der Waals surface area contributed by atoms with Gasteiger partial charge in [-0.1, -0.05) is 73.2 Å². The van der Waals surface area contributed by atoms with Gasteiger partial charge in [-0.3, -0.25) is 24.1 Å². The number of thioether (sulfide) groups is 1. The van der Waals surface area contributed by atoms with Crippen molar-refractivity contribution in [1.82, 2.24) is 24.8 Å². The van der Waals surface area contributed by atoms with Gasteiger partial charge in [0.1, 0.15) is 5.78 Å². The van der Waals surface area contributed by atoms with Gasteiger partial charge in [0.2, 0.25) is 11.8 Å². The number of aromatic nitrogens is 4. The number of carboxylic acid groups (broad SMARTS) is 1. The molecule has 6 rings (SSSR count). The molecule has 3 aliphatic heterocycles. The zero-order valence-electron chi connectivity index (χ0n) is 32.9. The summed E-state index contributed by atoms with van der Waals surface area (Å²) in [6.45, 7) is 18.3. The number of amides is 2. The van der Waals surface area contributed by atoms with Crippen molar-refractivity contribution >= 4 is 85.8 Å². The Morgan fingerprint density at radius 1 is 0.857 bits per heavy atom. The van der Waals surface area contributed by atoms with E-state index in [-0.39, 0.29) is 86.0 Å². The van der Waals surface area contributed by atoms with Crippen molar-refractivity contribution < 1.29 is 41.4 Å². The number of nitrogens with zero attached hydrogens (tertiary/aromatic N) is 5. The van der Waals surface area contributed by atoms with E-state index < -0.39 is 5.97 Å². The van der Waals surface area contributed by atoms with E-state index in [1.54, 1.807) is 12.2 Å². The SMILES string of the molecule is C=CC1=C(C)c2cc3[n-]c(cc4nc(cc5[n-]c(cc1n2)c(C)c5C=C)C(C)=C4CCC(=O)O)c(CCC(=O)CCCN1C(=O)CC(SCC)C1=O)c3C.[CH3-].[Fe+3]. The third-order valence-electron chi connectivity index (χ3n) is 10.5. The van der Waals surface area contributed by atoms with Gasteiger partial charge in [0.25, 0.3) is 0 Å². The molecule has 3 aromatic rings. The maximum Gasteiger partial charge on any atom is 3.00 e. The summed E-state index contributed by atoms with van der Waals surface area (Å²) >= 11 is 1.48. The third-order valence-corrected chi connectivity index (χ3v) is 11.6. The summed E-state index contributed by atoms with van der Waals surface area (Å²) in [5.41, 5.74) is 12.8. The van der Waals surface area contributed by atoms with Crippen LogP contribution in [0.4, 0.5) is 0 Å². The summed E-state index contributed by atoms with van der Waals surface area (Å²) in [5, 5.41) is 9.28. The number of Topliss-reactive ketones (excluding diaryl/α,β-unsaturated/α-hetero) is 1. The Bertz CT molecular complexity index is 2350. The number of carbonyl (C=O) groups excluding carboxylic acids is 3. The van der Waals surface area contributed by atoms with Gasteiger partial charge >= 0.3 is 23.0 Å². The summed E-state index contributed by atoms with van der Waals surface area (Å²) < 4.78 is 0. The van der Waals surface area contributed by atoms with Crippen LogP contribution < -0.4 is 9.97 Å². The third kappa shape index (κ3) is 8.78. The monoisotopic (exact) mass is 814 g/mol. The molecule has 10 nitrogen and oxygen atoms in total. The van der Waals surface area contributed by atoms with Crippen molar-refractivity contribution in [3.8, 4) is 0 Å². The largest absolute Gasteiger partial charge is 3.00 e. The van der Waals surface area contributed by atoms with E-state index >= 15 is 0 Å². The van der Waals surface area contributed by atoms with Crippen molar-refractivity contribution in [2.24, 2.45) is 0 Å². The molecule has 3 aliphatic rings. The minimum Gasteiger partial charge on any atom is -0.657 e. The van der Waals surface area contributed by atoms with E-state index in [1.165, 1.54) is 16.7 Å². The zero-order chi connectivity index (χ0) is 38.8. The van der Waals surface area contributed by atoms with Gasteiger partial charge in [-0.05, 0) is 75.0 Å². The Labute approximate surface area is 343 Å². The first-order valence-corrected chi connectivity index (χ1v) is 19.4. The minimum absolute atomic E-state index is 0. The maximum atomic E-state index is 13.3. The van der Waals surface area contributed by atoms with Crippen molar-refractivity contribution in [3.05, 3.63) is 96.0 Å². The molecular formula is C44H48FeN5O5S. The summed E-state index contributed by atoms with van der Waals surface area (Å²) in [6.07, 6.45) is 5.36. The van der Waals surface area contributed by atoms with Crippen LogP contribution in [-0.4, -0.2) is 61.1 Å². The molecule has 3 aromatic heterocycles. The van der Waals surface area contributed by atoms with Gasteiger partial charge in [0.05, 0.1) is 28.0 Å². The number of carboxylic acids is 1. The fraction of sp³-hybridized carbons (Fsp3) is 0.341. The minimum atomic E-state index is -0.903. The van der Waals surface area contributed by atoms with Crippen molar-refractivity contribution in [1.29, 1.82) is 0 Å². The predicted molar refractivity (Wildman–Crippen MR) is 223 cm³/mol. The Kier molecular flexibility index (Phi) is 14.5. The van der Waals surface area contributed by atoms with Crippen LogP contribution in [0.15, 0.2) is 43.5 Å². The number of aliphatic carboxylic acids is 1. The van der Waals surface area contributed by atoms with Gasteiger partial charge in [0, 0.05) is 37.8 Å². The number of likely N-dealkylation sites (tertiary alicyclic amines) is 1. The molecule has 293 valence electrons. The number of imide groups is 1. The summed E-state index contributed by atoms with van der Waals surface area (Å²) in [4.78, 5) is 71.5. The number of aryl methyl sites for hydroxylation is 3. The summed E-state index contributed by atoms with van der Waals surface area (Å²) in [7, 11) is 0. The molecule has 0 aliphatic carbocycles. The van der Waals surface area contributed by atoms with Crippen LogP contribution in [0.1, 0.15) is 104 Å². The van der Waals surface area contributed by atoms with Gasteiger partial charge in [-0.15, -0.1) is 33.8 Å². The zero-order valence-corrected chi connectivity index (χ0v) is 34.8. The Morgan fingerprint density at radius 2 is 1.48 bits per heavy atom. The van der Waals surface area contributed by atoms with E-state index in [1.807, 2.05) is 58.9 Å². The molecular weight excluding hydrogens is 766 g/mol. The molecule has 1 radical (unpaired) electrons. The van der Waals surface area contributed by atoms with Gasteiger partial charge in [0.15, 0.2) is 0 Å². The number of ketones is 1. The number of fused-ring (bicyclic) bond motifs is 8. The number of carbonyl (C=O) groups is 4. The molecule has 6 heterocycles. The molecule has 2 amide bonds. The van der Waals surface area contributed by atoms with E-state index in [4.69, 9.17) is 19.9 Å². The quantitative estimate of drug-likeness (QED) is 0.0958. The second-order valence-electron chi connectivity index (χ2n) is 13.9. The fourth-order valence-corrected chi connectivity index (χ4v) is 8.36. The molecule has 0 spiro atoms. The first kappa shape index (κ1) is 44.0. The number of hydrogen-bond acceptors (Lipinski definition) is 7. The molecule has 12 heteroatoms. The summed E-state index contributed by atoms with van der Waals surface area (Å²) in [5.74, 6) is -0.439. The van der Waals surface area contributed by atoms with E-state index in [2.05, 4.69) is 13.2 Å². The second kappa shape index (κ2) is 18.4. The fourth-order valence-electron chi connectivity index (χ4n) is 7.42. The number of rotatable bonds is 14. The smallest absolute Gasteiger partial charge is 0.657 e. The average molecular weight is 815 g/mol. The van der Waals surface area contributed by atoms with E-state index in [9.17, 15) is 24.3 Å². The van der Waals surface area contributed by atoms with Crippen LogP contribution in [-0.2, 0) is 42.7 Å². The number of hydrogen-bond donors (Lipinski definition) is 1. The van der Waals surface area contributed by atoms with Crippen LogP contribution in [0.5, 0.6) is 0 Å². The standard InChI is InChI=1S/C43H46N5O5S.CH3.Fe/c1-8-28-23(4)32-18-33-25(6)30(14-13-27(49)12-11-17-48-41(50)22-40(43(48)53)54-10-3)38(46-33)21-39-31(15-16-42(51)52)26(7)35(47-39)20-37-29(9-2)24(5)34(45-37)19-36(28)44-32;;/h8-9,18-21,40H,1-2,10-17,22H2,3-7H3,(H2-,44,45,46,47,51,52);1H3;/q2*-1;+3/p-1. The number of allylic oxidation sites excluding steroid dienone is 5. The first-order chi connectivity index (χ1) is 25.8. The van der Waals surface area contributed by atoms with Crippen molar-refractivity contribution in [3.63, 3.8) is 0 Å². The van der Waals surface area contributed by atoms with Gasteiger partial charge < -0.3 is 22.5 Å². The molecule has 1 atom stereocenters. The molecule has 1 unspecified atom stereocenters. The van der Waals surface area contributed by atoms with Crippen molar-refractivity contribution in [2.75, 3.05) is 12.3 Å². The normalized spacial score (nSPS) is 15.2. The summed E-state index contributed by atoms with van der Waals surface area (Å²) in [6, 6.07) is 7.73. The second-order valence-corrected chi connectivity index (χ2v) is 15.3. The van der Waals surface area contributed by atoms with Gasteiger partial charge in [-0.25, -0.2) is 9.97 Å². The topological polar surface area (TPSA) is 146 Å². The molecule has 0 saturated carbocycles. The first-order valence-electron chi connectivity index (χ1n) is 18.3. The molecule has 1 N–H and O–H groups in total. The molecule has 8 bridgehead atoms. The van der Waals surface area contributed by atoms with Crippen molar-refractivity contribution in [2.45, 2.75) is 84.8 Å². The van der Waals surface area contributed by atoms with E-state index in [0.29, 0.717) is 40.8 Å². The molecule has 0 aromatic carbocycles. The van der Waals surface area contributed by atoms with Crippen LogP contribution in [0.2, 0.25) is 0 Å². The van der Waals surface area contributed by atoms with Crippen LogP contribution in [0.3, 0.4) is 0 Å². The average Bonchev–Trinajstić information content (AvgIpc) is 3.85. The predicted octanol–water partition coefficient (Wildman–Crippen LogP) is 8.36. The van der Waals surface area contributed by atoms with E-state index in [0.717, 1.165) is 67.2 Å². The van der Waals surface area contributed by atoms with Gasteiger partial charge in [-0.2, -0.15) is 0 Å². The molecule has 1 saturated heterocycles. The van der Waals surface area contributed by atoms with Crippen LogP contribution in [0, 0.1) is 21.3 Å². The molecule has 1 fully saturated rings. The molecule has 56 heavy (non-hydrogen) atoms. The van der Waals surface area contributed by atoms with Crippen LogP contribution >= 0.6 is 11.8 Å². The van der Waals surface area contributed by atoms with Crippen LogP contribution in [0.25, 0.3) is 50.4 Å².